The Morgan fingerprint density at radius 2 is 2.15 bits per heavy atom. The van der Waals surface area contributed by atoms with Gasteiger partial charge in [0, 0.05) is 43.5 Å². The van der Waals surface area contributed by atoms with Gasteiger partial charge in [0.15, 0.2) is 0 Å². The van der Waals surface area contributed by atoms with Crippen LogP contribution in [0.15, 0.2) is 42.1 Å². The topological polar surface area (TPSA) is 41.1 Å². The Morgan fingerprint density at radius 3 is 2.96 bits per heavy atom. The van der Waals surface area contributed by atoms with E-state index >= 15 is 0 Å². The van der Waals surface area contributed by atoms with Gasteiger partial charge in [0.05, 0.1) is 6.04 Å². The minimum atomic E-state index is 0.350. The molecule has 0 aliphatic carbocycles. The fraction of sp³-hybridized carbons (Fsp3) is 0.455. The summed E-state index contributed by atoms with van der Waals surface area (Å²) in [5.74, 6) is 0.997. The Bertz CT molecular complexity index is 763. The van der Waals surface area contributed by atoms with Crippen LogP contribution >= 0.6 is 0 Å². The monoisotopic (exact) mass is 348 g/mol. The lowest BCUT2D eigenvalue weighted by Gasteiger charge is -2.29. The van der Waals surface area contributed by atoms with Gasteiger partial charge in [0.1, 0.15) is 5.82 Å². The zero-order valence-corrected chi connectivity index (χ0v) is 15.6. The van der Waals surface area contributed by atoms with E-state index in [9.17, 15) is 0 Å². The number of aromatic nitrogens is 2. The molecule has 1 atom stereocenters. The van der Waals surface area contributed by atoms with Crippen molar-refractivity contribution in [2.24, 2.45) is 0 Å². The molecule has 0 unspecified atom stereocenters. The lowest BCUT2D eigenvalue weighted by molar-refractivity contribution is 0.272. The number of rotatable bonds is 4. The molecule has 4 nitrogen and oxygen atoms in total. The standard InChI is InChI=1S/C22H28N4/c1-17(13-18-7-3-2-4-8-18)15-26-12-10-20-19(16-26)14-24-22(25-20)21-9-5-6-11-23-21/h2-4,7-8,13-14,21,23H,5-6,9-12,15-16H2,1H3/b17-13+/t21-/m0/s1. The summed E-state index contributed by atoms with van der Waals surface area (Å²) in [6.45, 7) is 6.33. The minimum Gasteiger partial charge on any atom is -0.307 e. The quantitative estimate of drug-likeness (QED) is 0.913. The van der Waals surface area contributed by atoms with Crippen molar-refractivity contribution < 1.29 is 0 Å². The van der Waals surface area contributed by atoms with Crippen LogP contribution in [0, 0.1) is 0 Å². The molecule has 0 radical (unpaired) electrons. The lowest BCUT2D eigenvalue weighted by atomic mass is 10.0. The van der Waals surface area contributed by atoms with E-state index in [1.165, 1.54) is 35.2 Å². The van der Waals surface area contributed by atoms with E-state index < -0.39 is 0 Å². The second kappa shape index (κ2) is 8.11. The van der Waals surface area contributed by atoms with Crippen molar-refractivity contribution in [1.29, 1.82) is 0 Å². The molecule has 1 N–H and O–H groups in total. The largest absolute Gasteiger partial charge is 0.307 e. The van der Waals surface area contributed by atoms with E-state index in [1.54, 1.807) is 0 Å². The third kappa shape index (κ3) is 4.19. The zero-order valence-electron chi connectivity index (χ0n) is 15.6. The van der Waals surface area contributed by atoms with Gasteiger partial charge in [-0.1, -0.05) is 48.4 Å². The molecule has 1 saturated heterocycles. The van der Waals surface area contributed by atoms with Crippen LogP contribution in [0.3, 0.4) is 0 Å². The Balaban J connectivity index is 1.41. The summed E-state index contributed by atoms with van der Waals surface area (Å²) in [7, 11) is 0. The van der Waals surface area contributed by atoms with Crippen molar-refractivity contribution in [3.8, 4) is 0 Å². The van der Waals surface area contributed by atoms with Crippen molar-refractivity contribution >= 4 is 6.08 Å². The van der Waals surface area contributed by atoms with E-state index in [4.69, 9.17) is 4.98 Å². The molecular weight excluding hydrogens is 320 g/mol. The van der Waals surface area contributed by atoms with Crippen molar-refractivity contribution in [2.45, 2.75) is 45.2 Å². The Morgan fingerprint density at radius 1 is 1.27 bits per heavy atom. The summed E-state index contributed by atoms with van der Waals surface area (Å²) in [5.41, 5.74) is 5.21. The molecule has 3 heterocycles. The number of hydrogen-bond acceptors (Lipinski definition) is 4. The number of hydrogen-bond donors (Lipinski definition) is 1. The lowest BCUT2D eigenvalue weighted by Crippen LogP contribution is -2.34. The highest BCUT2D eigenvalue weighted by Gasteiger charge is 2.22. The average Bonchev–Trinajstić information content (AvgIpc) is 2.69. The fourth-order valence-corrected chi connectivity index (χ4v) is 4.00. The highest BCUT2D eigenvalue weighted by atomic mass is 15.1. The summed E-state index contributed by atoms with van der Waals surface area (Å²) in [5, 5.41) is 3.56. The zero-order chi connectivity index (χ0) is 17.8. The predicted molar refractivity (Wildman–Crippen MR) is 106 cm³/mol. The Hall–Kier alpha value is -2.04. The average molecular weight is 348 g/mol. The van der Waals surface area contributed by atoms with Crippen molar-refractivity contribution in [3.63, 3.8) is 0 Å². The molecule has 1 fully saturated rings. The van der Waals surface area contributed by atoms with Gasteiger partial charge in [-0.3, -0.25) is 4.90 Å². The molecule has 136 valence electrons. The highest BCUT2D eigenvalue weighted by Crippen LogP contribution is 2.23. The van der Waals surface area contributed by atoms with Crippen molar-refractivity contribution in [2.75, 3.05) is 19.6 Å². The first kappa shape index (κ1) is 17.4. The maximum Gasteiger partial charge on any atom is 0.145 e. The molecule has 2 aliphatic heterocycles. The highest BCUT2D eigenvalue weighted by molar-refractivity contribution is 5.52. The van der Waals surface area contributed by atoms with Crippen LogP contribution in [0.25, 0.3) is 6.08 Å². The molecule has 0 amide bonds. The normalized spacial score (nSPS) is 21.4. The molecule has 2 aliphatic rings. The molecular formula is C22H28N4. The van der Waals surface area contributed by atoms with E-state index in [1.807, 2.05) is 0 Å². The SMILES string of the molecule is C/C(=C\c1ccccc1)CN1CCc2nc([C@@H]3CCCCN3)ncc2C1. The summed E-state index contributed by atoms with van der Waals surface area (Å²) < 4.78 is 0. The summed E-state index contributed by atoms with van der Waals surface area (Å²) in [4.78, 5) is 12.1. The van der Waals surface area contributed by atoms with Gasteiger partial charge in [0.25, 0.3) is 0 Å². The van der Waals surface area contributed by atoms with Crippen LogP contribution < -0.4 is 5.32 Å². The van der Waals surface area contributed by atoms with Crippen LogP contribution in [0.1, 0.15) is 54.9 Å². The first-order valence-electron chi connectivity index (χ1n) is 9.80. The molecule has 4 rings (SSSR count). The smallest absolute Gasteiger partial charge is 0.145 e. The second-order valence-corrected chi connectivity index (χ2v) is 7.56. The second-order valence-electron chi connectivity index (χ2n) is 7.56. The van der Waals surface area contributed by atoms with Gasteiger partial charge in [-0.05, 0) is 31.9 Å². The van der Waals surface area contributed by atoms with Crippen LogP contribution in [-0.2, 0) is 13.0 Å². The maximum atomic E-state index is 4.90. The van der Waals surface area contributed by atoms with Gasteiger partial charge in [-0.2, -0.15) is 0 Å². The summed E-state index contributed by atoms with van der Waals surface area (Å²) in [6, 6.07) is 10.9. The molecule has 1 aromatic heterocycles. The third-order valence-electron chi connectivity index (χ3n) is 5.34. The molecule has 1 aromatic carbocycles. The number of fused-ring (bicyclic) bond motifs is 1. The number of nitrogens with zero attached hydrogens (tertiary/aromatic N) is 3. The van der Waals surface area contributed by atoms with E-state index in [0.29, 0.717) is 6.04 Å². The first-order chi connectivity index (χ1) is 12.8. The van der Waals surface area contributed by atoms with Gasteiger partial charge < -0.3 is 5.32 Å². The molecule has 2 aromatic rings. The summed E-state index contributed by atoms with van der Waals surface area (Å²) >= 11 is 0. The predicted octanol–water partition coefficient (Wildman–Crippen LogP) is 3.75. The minimum absolute atomic E-state index is 0.350. The fourth-order valence-electron chi connectivity index (χ4n) is 4.00. The van der Waals surface area contributed by atoms with Crippen LogP contribution in [0.2, 0.25) is 0 Å². The molecule has 0 saturated carbocycles. The number of nitrogens with one attached hydrogen (secondary N) is 1. The van der Waals surface area contributed by atoms with Gasteiger partial charge in [-0.25, -0.2) is 9.97 Å². The Kier molecular flexibility index (Phi) is 5.42. The van der Waals surface area contributed by atoms with E-state index in [0.717, 1.165) is 44.8 Å². The third-order valence-corrected chi connectivity index (χ3v) is 5.34. The first-order valence-corrected chi connectivity index (χ1v) is 9.80. The number of piperidine rings is 1. The van der Waals surface area contributed by atoms with E-state index in [2.05, 4.69) is 64.7 Å². The molecule has 4 heteroatoms. The van der Waals surface area contributed by atoms with Crippen molar-refractivity contribution in [3.05, 3.63) is 64.7 Å². The Labute approximate surface area is 156 Å². The summed E-state index contributed by atoms with van der Waals surface area (Å²) in [6.07, 6.45) is 9.08. The molecule has 0 spiro atoms. The van der Waals surface area contributed by atoms with E-state index in [-0.39, 0.29) is 0 Å². The maximum absolute atomic E-state index is 4.90. The number of benzene rings is 1. The van der Waals surface area contributed by atoms with Crippen LogP contribution in [-0.4, -0.2) is 34.5 Å². The van der Waals surface area contributed by atoms with Crippen molar-refractivity contribution in [1.82, 2.24) is 20.2 Å². The van der Waals surface area contributed by atoms with Crippen LogP contribution in [0.4, 0.5) is 0 Å². The van der Waals surface area contributed by atoms with Gasteiger partial charge >= 0.3 is 0 Å². The van der Waals surface area contributed by atoms with Gasteiger partial charge in [-0.15, -0.1) is 0 Å². The molecule has 0 bridgehead atoms. The van der Waals surface area contributed by atoms with Gasteiger partial charge in [0.2, 0.25) is 0 Å². The van der Waals surface area contributed by atoms with Crippen LogP contribution in [0.5, 0.6) is 0 Å². The molecule has 26 heavy (non-hydrogen) atoms.